The van der Waals surface area contributed by atoms with Gasteiger partial charge in [0.2, 0.25) is 0 Å². The highest BCUT2D eigenvalue weighted by Crippen LogP contribution is 2.42. The zero-order valence-corrected chi connectivity index (χ0v) is 15.8. The van der Waals surface area contributed by atoms with E-state index in [1.807, 2.05) is 22.9 Å². The molecule has 0 bridgehead atoms. The number of rotatable bonds is 2. The average Bonchev–Trinajstić information content (AvgIpc) is 3.08. The number of fused-ring (bicyclic) bond motifs is 1. The Balaban J connectivity index is 2.07. The lowest BCUT2D eigenvalue weighted by Gasteiger charge is -2.23. The average molecular weight is 392 g/mol. The summed E-state index contributed by atoms with van der Waals surface area (Å²) in [6, 6.07) is 7.24. The minimum absolute atomic E-state index is 0.0751. The van der Waals surface area contributed by atoms with Gasteiger partial charge in [-0.05, 0) is 22.9 Å². The number of carbonyl (C=O) groups excluding carboxylic acids is 2. The molecule has 7 heteroatoms. The Hall–Kier alpha value is -1.28. The first-order valence-corrected chi connectivity index (χ1v) is 10.2. The summed E-state index contributed by atoms with van der Waals surface area (Å²) in [5.41, 5.74) is 1.47. The first-order valence-electron chi connectivity index (χ1n) is 7.08. The van der Waals surface area contributed by atoms with Crippen LogP contribution < -0.4 is 4.90 Å². The van der Waals surface area contributed by atoms with Crippen LogP contribution in [0.1, 0.15) is 10.4 Å². The molecule has 2 aliphatic heterocycles. The molecule has 2 aliphatic rings. The number of anilines is 1. The Bertz CT molecular complexity index is 788. The van der Waals surface area contributed by atoms with Crippen LogP contribution >= 0.6 is 47.5 Å². The van der Waals surface area contributed by atoms with Gasteiger partial charge in [-0.2, -0.15) is 0 Å². The first-order chi connectivity index (χ1) is 11.6. The van der Waals surface area contributed by atoms with E-state index in [9.17, 15) is 9.59 Å². The van der Waals surface area contributed by atoms with Crippen molar-refractivity contribution < 1.29 is 9.59 Å². The molecule has 0 unspecified atom stereocenters. The van der Waals surface area contributed by atoms with Crippen molar-refractivity contribution in [1.82, 2.24) is 0 Å². The molecule has 0 saturated carbocycles. The SMILES string of the molecule is C=CCSC(=S)N1CC(=O)C(=C2SC=CS2)C(=O)c2ccccc21. The summed E-state index contributed by atoms with van der Waals surface area (Å²) in [4.78, 5) is 27.5. The Labute approximate surface area is 158 Å². The number of hydrogen-bond donors (Lipinski definition) is 0. The van der Waals surface area contributed by atoms with Crippen LogP contribution in [-0.2, 0) is 4.79 Å². The van der Waals surface area contributed by atoms with E-state index in [0.29, 0.717) is 21.3 Å². The lowest BCUT2D eigenvalue weighted by atomic mass is 10.0. The van der Waals surface area contributed by atoms with Crippen LogP contribution in [0.4, 0.5) is 5.69 Å². The molecule has 0 radical (unpaired) electrons. The molecule has 1 aromatic rings. The molecular formula is C17H13NO2S4. The molecular weight excluding hydrogens is 378 g/mol. The van der Waals surface area contributed by atoms with E-state index < -0.39 is 0 Å². The number of thioether (sulfide) groups is 3. The van der Waals surface area contributed by atoms with E-state index in [1.54, 1.807) is 23.1 Å². The van der Waals surface area contributed by atoms with Gasteiger partial charge >= 0.3 is 0 Å². The van der Waals surface area contributed by atoms with Gasteiger partial charge in [0, 0.05) is 11.3 Å². The van der Waals surface area contributed by atoms with E-state index in [0.717, 1.165) is 4.24 Å². The number of nitrogens with zero attached hydrogens (tertiary/aromatic N) is 1. The molecule has 0 saturated heterocycles. The third-order valence-corrected chi connectivity index (χ3v) is 6.98. The molecule has 0 N–H and O–H groups in total. The van der Waals surface area contributed by atoms with Crippen molar-refractivity contribution in [1.29, 1.82) is 0 Å². The summed E-state index contributed by atoms with van der Waals surface area (Å²) in [5, 5.41) is 3.76. The third kappa shape index (κ3) is 3.39. The van der Waals surface area contributed by atoms with E-state index >= 15 is 0 Å². The second-order valence-corrected chi connectivity index (χ2v) is 8.64. The summed E-state index contributed by atoms with van der Waals surface area (Å²) in [5.74, 6) is 0.230. The zero-order chi connectivity index (χ0) is 17.1. The molecule has 24 heavy (non-hydrogen) atoms. The standard InChI is InChI=1S/C17H13NO2S4/c1-2-7-24-17(21)18-10-13(19)14(16-22-8-9-23-16)15(20)11-5-3-4-6-12(11)18/h2-6,8-9H,1,7,10H2. The number of Topliss-reactive ketones (excluding diaryl/α,β-unsaturated/α-hetero) is 2. The van der Waals surface area contributed by atoms with Gasteiger partial charge in [0.05, 0.1) is 22.0 Å². The van der Waals surface area contributed by atoms with Crippen molar-refractivity contribution in [3.8, 4) is 0 Å². The summed E-state index contributed by atoms with van der Waals surface area (Å²) in [6.45, 7) is 3.77. The lowest BCUT2D eigenvalue weighted by molar-refractivity contribution is -0.113. The van der Waals surface area contributed by atoms with Crippen LogP contribution in [0.15, 0.2) is 57.5 Å². The fourth-order valence-electron chi connectivity index (χ4n) is 2.37. The molecule has 122 valence electrons. The molecule has 0 aliphatic carbocycles. The Morgan fingerprint density at radius 3 is 2.71 bits per heavy atom. The molecule has 3 rings (SSSR count). The Kier molecular flexibility index (Phi) is 5.65. The predicted octanol–water partition coefficient (Wildman–Crippen LogP) is 4.63. The molecule has 3 nitrogen and oxygen atoms in total. The third-order valence-electron chi connectivity index (χ3n) is 3.40. The van der Waals surface area contributed by atoms with E-state index in [4.69, 9.17) is 12.2 Å². The van der Waals surface area contributed by atoms with Crippen molar-refractivity contribution in [2.75, 3.05) is 17.2 Å². The second kappa shape index (κ2) is 7.74. The Morgan fingerprint density at radius 1 is 1.29 bits per heavy atom. The molecule has 2 heterocycles. The summed E-state index contributed by atoms with van der Waals surface area (Å²) >= 11 is 9.74. The molecule has 0 spiro atoms. The number of hydrogen-bond acceptors (Lipinski definition) is 6. The Morgan fingerprint density at radius 2 is 2.00 bits per heavy atom. The quantitative estimate of drug-likeness (QED) is 0.315. The van der Waals surface area contributed by atoms with Gasteiger partial charge in [0.15, 0.2) is 11.6 Å². The maximum absolute atomic E-state index is 13.0. The van der Waals surface area contributed by atoms with Gasteiger partial charge in [-0.1, -0.05) is 65.7 Å². The van der Waals surface area contributed by atoms with Crippen molar-refractivity contribution >= 4 is 69.1 Å². The summed E-state index contributed by atoms with van der Waals surface area (Å²) < 4.78 is 1.31. The minimum Gasteiger partial charge on any atom is -0.319 e. The predicted molar refractivity (Wildman–Crippen MR) is 110 cm³/mol. The molecule has 1 aromatic carbocycles. The van der Waals surface area contributed by atoms with E-state index in [2.05, 4.69) is 6.58 Å². The summed E-state index contributed by atoms with van der Waals surface area (Å²) in [6.07, 6.45) is 1.76. The van der Waals surface area contributed by atoms with Crippen molar-refractivity contribution in [3.05, 3.63) is 63.1 Å². The normalized spacial score (nSPS) is 17.1. The van der Waals surface area contributed by atoms with Crippen LogP contribution in [-0.4, -0.2) is 28.2 Å². The highest BCUT2D eigenvalue weighted by atomic mass is 32.2. The number of benzene rings is 1. The van der Waals surface area contributed by atoms with Crippen LogP contribution in [0, 0.1) is 0 Å². The van der Waals surface area contributed by atoms with Crippen LogP contribution in [0.2, 0.25) is 0 Å². The van der Waals surface area contributed by atoms with Crippen molar-refractivity contribution in [2.24, 2.45) is 0 Å². The van der Waals surface area contributed by atoms with Gasteiger partial charge in [-0.15, -0.1) is 6.58 Å². The summed E-state index contributed by atoms with van der Waals surface area (Å²) in [7, 11) is 0. The van der Waals surface area contributed by atoms with Gasteiger partial charge in [0.1, 0.15) is 4.32 Å². The smallest absolute Gasteiger partial charge is 0.200 e. The molecule has 0 amide bonds. The van der Waals surface area contributed by atoms with Gasteiger partial charge in [0.25, 0.3) is 0 Å². The first kappa shape index (κ1) is 17.5. The van der Waals surface area contributed by atoms with E-state index in [1.165, 1.54) is 35.3 Å². The van der Waals surface area contributed by atoms with E-state index in [-0.39, 0.29) is 23.7 Å². The minimum atomic E-state index is -0.228. The molecule has 0 fully saturated rings. The maximum Gasteiger partial charge on any atom is 0.200 e. The van der Waals surface area contributed by atoms with Crippen LogP contribution in [0.25, 0.3) is 0 Å². The monoisotopic (exact) mass is 391 g/mol. The van der Waals surface area contributed by atoms with Gasteiger partial charge < -0.3 is 4.90 Å². The second-order valence-electron chi connectivity index (χ2n) is 4.89. The zero-order valence-electron chi connectivity index (χ0n) is 12.6. The number of para-hydroxylation sites is 1. The van der Waals surface area contributed by atoms with Crippen LogP contribution in [0.5, 0.6) is 0 Å². The number of ketones is 2. The number of thiocarbonyl (C=S) groups is 1. The van der Waals surface area contributed by atoms with Crippen molar-refractivity contribution in [3.63, 3.8) is 0 Å². The largest absolute Gasteiger partial charge is 0.319 e. The highest BCUT2D eigenvalue weighted by Gasteiger charge is 2.34. The highest BCUT2D eigenvalue weighted by molar-refractivity contribution is 8.27. The topological polar surface area (TPSA) is 37.4 Å². The molecule has 0 atom stereocenters. The fraction of sp³-hybridized carbons (Fsp3) is 0.118. The fourth-order valence-corrected chi connectivity index (χ4v) is 5.21. The van der Waals surface area contributed by atoms with Gasteiger partial charge in [-0.3, -0.25) is 9.59 Å². The maximum atomic E-state index is 13.0. The van der Waals surface area contributed by atoms with Crippen LogP contribution in [0.3, 0.4) is 0 Å². The van der Waals surface area contributed by atoms with Crippen molar-refractivity contribution in [2.45, 2.75) is 0 Å². The lowest BCUT2D eigenvalue weighted by Crippen LogP contribution is -2.32. The number of carbonyl (C=O) groups is 2. The van der Waals surface area contributed by atoms with Gasteiger partial charge in [-0.25, -0.2) is 0 Å². The molecule has 0 aromatic heterocycles.